The van der Waals surface area contributed by atoms with E-state index in [2.05, 4.69) is 27.8 Å². The highest BCUT2D eigenvalue weighted by atomic mass is 19.1. The Morgan fingerprint density at radius 1 is 1.28 bits per heavy atom. The van der Waals surface area contributed by atoms with Gasteiger partial charge in [0.05, 0.1) is 0 Å². The number of aromatic nitrogens is 1. The van der Waals surface area contributed by atoms with Crippen LogP contribution in [-0.2, 0) is 6.54 Å². The monoisotopic (exact) mass is 343 g/mol. The minimum Gasteiger partial charge on any atom is -0.384 e. The van der Waals surface area contributed by atoms with E-state index < -0.39 is 0 Å². The van der Waals surface area contributed by atoms with Crippen LogP contribution < -0.4 is 16.6 Å². The lowest BCUT2D eigenvalue weighted by molar-refractivity contribution is 0.310. The summed E-state index contributed by atoms with van der Waals surface area (Å²) < 4.78 is 13.3. The zero-order chi connectivity index (χ0) is 17.6. The SMILES string of the molecule is CN(CCCC1CC(c2cccc(F)c2)NN1)Cc1ccnc(N)c1. The molecule has 1 saturated heterocycles. The van der Waals surface area contributed by atoms with Crippen LogP contribution in [-0.4, -0.2) is 29.5 Å². The fraction of sp³-hybridized carbons (Fsp3) is 0.421. The number of nitrogens with zero attached hydrogens (tertiary/aromatic N) is 2. The van der Waals surface area contributed by atoms with E-state index in [1.165, 1.54) is 11.6 Å². The molecule has 2 aromatic rings. The lowest BCUT2D eigenvalue weighted by Gasteiger charge is -2.18. The van der Waals surface area contributed by atoms with Crippen molar-refractivity contribution in [2.24, 2.45) is 0 Å². The minimum absolute atomic E-state index is 0.179. The number of hydrogen-bond acceptors (Lipinski definition) is 5. The maximum absolute atomic E-state index is 13.3. The zero-order valence-electron chi connectivity index (χ0n) is 14.6. The van der Waals surface area contributed by atoms with Gasteiger partial charge in [0.25, 0.3) is 0 Å². The van der Waals surface area contributed by atoms with Gasteiger partial charge in [0.1, 0.15) is 11.6 Å². The molecule has 2 unspecified atom stereocenters. The zero-order valence-corrected chi connectivity index (χ0v) is 14.6. The predicted molar refractivity (Wildman–Crippen MR) is 98.0 cm³/mol. The third-order valence-corrected chi connectivity index (χ3v) is 4.62. The van der Waals surface area contributed by atoms with Gasteiger partial charge in [-0.05, 0) is 68.2 Å². The molecule has 1 aromatic carbocycles. The Hall–Kier alpha value is -2.02. The summed E-state index contributed by atoms with van der Waals surface area (Å²) in [7, 11) is 2.12. The highest BCUT2D eigenvalue weighted by Crippen LogP contribution is 2.24. The highest BCUT2D eigenvalue weighted by molar-refractivity contribution is 5.31. The average molecular weight is 343 g/mol. The fourth-order valence-electron chi connectivity index (χ4n) is 3.34. The number of benzene rings is 1. The van der Waals surface area contributed by atoms with Gasteiger partial charge in [-0.2, -0.15) is 0 Å². The molecule has 5 nitrogen and oxygen atoms in total. The molecule has 2 atom stereocenters. The minimum atomic E-state index is -0.180. The molecule has 25 heavy (non-hydrogen) atoms. The van der Waals surface area contributed by atoms with Crippen LogP contribution in [0.25, 0.3) is 0 Å². The summed E-state index contributed by atoms with van der Waals surface area (Å²) in [6.45, 7) is 1.89. The molecule has 1 aromatic heterocycles. The van der Waals surface area contributed by atoms with Gasteiger partial charge in [-0.3, -0.25) is 10.9 Å². The van der Waals surface area contributed by atoms with Gasteiger partial charge in [-0.25, -0.2) is 9.37 Å². The second kappa shape index (κ2) is 8.38. The number of pyridine rings is 1. The normalized spacial score (nSPS) is 20.3. The molecular formula is C19H26FN5. The summed E-state index contributed by atoms with van der Waals surface area (Å²) >= 11 is 0. The van der Waals surface area contributed by atoms with E-state index in [0.717, 1.165) is 37.9 Å². The summed E-state index contributed by atoms with van der Waals surface area (Å²) in [5, 5.41) is 0. The molecule has 0 radical (unpaired) electrons. The van der Waals surface area contributed by atoms with Crippen molar-refractivity contribution in [3.63, 3.8) is 0 Å². The van der Waals surface area contributed by atoms with Crippen molar-refractivity contribution in [2.45, 2.75) is 37.9 Å². The van der Waals surface area contributed by atoms with Gasteiger partial charge < -0.3 is 10.6 Å². The molecule has 0 amide bonds. The maximum Gasteiger partial charge on any atom is 0.123 e. The second-order valence-electron chi connectivity index (χ2n) is 6.80. The van der Waals surface area contributed by atoms with E-state index in [1.807, 2.05) is 18.2 Å². The molecule has 134 valence electrons. The van der Waals surface area contributed by atoms with Crippen LogP contribution in [0.15, 0.2) is 42.6 Å². The van der Waals surface area contributed by atoms with Gasteiger partial charge in [-0.15, -0.1) is 0 Å². The lowest BCUT2D eigenvalue weighted by atomic mass is 9.99. The van der Waals surface area contributed by atoms with Gasteiger partial charge in [-0.1, -0.05) is 12.1 Å². The molecule has 0 aliphatic carbocycles. The summed E-state index contributed by atoms with van der Waals surface area (Å²) in [6, 6.07) is 11.3. The third-order valence-electron chi connectivity index (χ3n) is 4.62. The van der Waals surface area contributed by atoms with Crippen LogP contribution in [0.3, 0.4) is 0 Å². The Balaban J connectivity index is 1.39. The first-order valence-corrected chi connectivity index (χ1v) is 8.75. The van der Waals surface area contributed by atoms with Crippen molar-refractivity contribution in [2.75, 3.05) is 19.3 Å². The Morgan fingerprint density at radius 3 is 2.96 bits per heavy atom. The lowest BCUT2D eigenvalue weighted by Crippen LogP contribution is -2.31. The second-order valence-corrected chi connectivity index (χ2v) is 6.80. The molecule has 1 fully saturated rings. The van der Waals surface area contributed by atoms with Crippen molar-refractivity contribution in [1.29, 1.82) is 0 Å². The number of nitrogen functional groups attached to an aromatic ring is 1. The number of hydrogen-bond donors (Lipinski definition) is 3. The number of rotatable bonds is 7. The quantitative estimate of drug-likeness (QED) is 0.721. The van der Waals surface area contributed by atoms with Crippen LogP contribution in [0.4, 0.5) is 10.2 Å². The van der Waals surface area contributed by atoms with E-state index in [1.54, 1.807) is 18.3 Å². The van der Waals surface area contributed by atoms with E-state index in [-0.39, 0.29) is 11.9 Å². The molecule has 6 heteroatoms. The van der Waals surface area contributed by atoms with Gasteiger partial charge in [0.15, 0.2) is 0 Å². The van der Waals surface area contributed by atoms with Crippen molar-refractivity contribution in [1.82, 2.24) is 20.7 Å². The van der Waals surface area contributed by atoms with Crippen LogP contribution in [0.1, 0.15) is 36.4 Å². The molecule has 1 aliphatic rings. The largest absolute Gasteiger partial charge is 0.384 e. The maximum atomic E-state index is 13.3. The highest BCUT2D eigenvalue weighted by Gasteiger charge is 2.24. The smallest absolute Gasteiger partial charge is 0.123 e. The number of halogens is 1. The number of nitrogens with two attached hydrogens (primary N) is 1. The summed E-state index contributed by atoms with van der Waals surface area (Å²) in [6.07, 6.45) is 4.92. The first-order valence-electron chi connectivity index (χ1n) is 8.75. The van der Waals surface area contributed by atoms with E-state index in [4.69, 9.17) is 5.73 Å². The Kier molecular flexibility index (Phi) is 5.96. The first kappa shape index (κ1) is 17.8. The fourth-order valence-corrected chi connectivity index (χ4v) is 3.34. The number of anilines is 1. The molecule has 0 saturated carbocycles. The van der Waals surface area contributed by atoms with E-state index >= 15 is 0 Å². The van der Waals surface area contributed by atoms with Crippen molar-refractivity contribution < 1.29 is 4.39 Å². The molecule has 1 aliphatic heterocycles. The molecule has 2 heterocycles. The summed E-state index contributed by atoms with van der Waals surface area (Å²) in [5.74, 6) is 0.386. The van der Waals surface area contributed by atoms with Gasteiger partial charge in [0, 0.05) is 24.8 Å². The molecule has 0 spiro atoms. The van der Waals surface area contributed by atoms with Crippen molar-refractivity contribution >= 4 is 5.82 Å². The average Bonchev–Trinajstić information content (AvgIpc) is 3.04. The van der Waals surface area contributed by atoms with Crippen LogP contribution in [0.5, 0.6) is 0 Å². The summed E-state index contributed by atoms with van der Waals surface area (Å²) in [5.41, 5.74) is 14.5. The Bertz CT molecular complexity index is 693. The summed E-state index contributed by atoms with van der Waals surface area (Å²) in [4.78, 5) is 6.31. The Labute approximate surface area is 148 Å². The third kappa shape index (κ3) is 5.22. The molecular weight excluding hydrogens is 317 g/mol. The molecule has 4 N–H and O–H groups in total. The van der Waals surface area contributed by atoms with Crippen LogP contribution >= 0.6 is 0 Å². The van der Waals surface area contributed by atoms with Crippen LogP contribution in [0, 0.1) is 5.82 Å². The first-order chi connectivity index (χ1) is 12.1. The van der Waals surface area contributed by atoms with Crippen LogP contribution in [0.2, 0.25) is 0 Å². The Morgan fingerprint density at radius 2 is 2.16 bits per heavy atom. The van der Waals surface area contributed by atoms with Crippen molar-refractivity contribution in [3.05, 3.63) is 59.5 Å². The van der Waals surface area contributed by atoms with E-state index in [9.17, 15) is 4.39 Å². The van der Waals surface area contributed by atoms with Crippen molar-refractivity contribution in [3.8, 4) is 0 Å². The predicted octanol–water partition coefficient (Wildman–Crippen LogP) is 2.62. The van der Waals surface area contributed by atoms with E-state index in [0.29, 0.717) is 11.9 Å². The standard InChI is InChI=1S/C19H26FN5/c1-25(13-14-7-8-22-19(21)10-14)9-3-6-17-12-18(24-23-17)15-4-2-5-16(20)11-15/h2,4-5,7-8,10-11,17-18,23-24H,3,6,9,12-13H2,1H3,(H2,21,22). The number of nitrogens with one attached hydrogen (secondary N) is 2. The van der Waals surface area contributed by atoms with Gasteiger partial charge in [0.2, 0.25) is 0 Å². The van der Waals surface area contributed by atoms with Gasteiger partial charge >= 0.3 is 0 Å². The number of hydrazine groups is 1. The topological polar surface area (TPSA) is 66.2 Å². The molecule has 3 rings (SSSR count). The molecule has 0 bridgehead atoms.